The maximum atomic E-state index is 12.2. The minimum absolute atomic E-state index is 0.0256. The molecule has 1 atom stereocenters. The summed E-state index contributed by atoms with van der Waals surface area (Å²) in [7, 11) is 0. The van der Waals surface area contributed by atoms with E-state index in [1.807, 2.05) is 17.9 Å². The predicted octanol–water partition coefficient (Wildman–Crippen LogP) is 1.98. The fourth-order valence-electron chi connectivity index (χ4n) is 2.38. The third kappa shape index (κ3) is 4.74. The van der Waals surface area contributed by atoms with Gasteiger partial charge >= 0.3 is 6.03 Å². The van der Waals surface area contributed by atoms with Gasteiger partial charge in [0.15, 0.2) is 0 Å². The van der Waals surface area contributed by atoms with E-state index >= 15 is 0 Å². The molecule has 0 bridgehead atoms. The number of carbonyl (C=O) groups is 1. The summed E-state index contributed by atoms with van der Waals surface area (Å²) in [6.45, 7) is 8.81. The molecule has 0 radical (unpaired) electrons. The molecule has 0 aliphatic carbocycles. The summed E-state index contributed by atoms with van der Waals surface area (Å²) in [5.74, 6) is 1.21. The molecule has 0 saturated carbocycles. The van der Waals surface area contributed by atoms with Gasteiger partial charge in [0.1, 0.15) is 5.76 Å². The molecule has 1 aromatic rings. The summed E-state index contributed by atoms with van der Waals surface area (Å²) >= 11 is 0. The van der Waals surface area contributed by atoms with E-state index in [1.54, 1.807) is 0 Å². The Labute approximate surface area is 125 Å². The lowest BCUT2D eigenvalue weighted by molar-refractivity contribution is 0.0267. The van der Waals surface area contributed by atoms with Crippen LogP contribution in [0.4, 0.5) is 4.79 Å². The van der Waals surface area contributed by atoms with Crippen LogP contribution in [0.5, 0.6) is 0 Å². The molecule has 2 heterocycles. The number of aromatic nitrogens is 1. The SMILES string of the molecule is Cc1cc(CCNC(=O)N2CCCOC(C(C)C)C2)on1. The van der Waals surface area contributed by atoms with Crippen molar-refractivity contribution in [3.8, 4) is 0 Å². The number of hydrogen-bond donors (Lipinski definition) is 1. The second kappa shape index (κ2) is 7.45. The van der Waals surface area contributed by atoms with Crippen LogP contribution in [0.3, 0.4) is 0 Å². The molecular formula is C15H25N3O3. The Kier molecular flexibility index (Phi) is 5.61. The molecule has 118 valence electrons. The summed E-state index contributed by atoms with van der Waals surface area (Å²) in [4.78, 5) is 14.1. The standard InChI is InChI=1S/C15H25N3O3/c1-11(2)14-10-18(7-4-8-20-14)15(19)16-6-5-13-9-12(3)17-21-13/h9,11,14H,4-8,10H2,1-3H3,(H,16,19). The lowest BCUT2D eigenvalue weighted by atomic mass is 10.1. The molecular weight excluding hydrogens is 270 g/mol. The van der Waals surface area contributed by atoms with Gasteiger partial charge in [0.25, 0.3) is 0 Å². The van der Waals surface area contributed by atoms with Crippen LogP contribution in [0.1, 0.15) is 31.7 Å². The molecule has 1 unspecified atom stereocenters. The maximum absolute atomic E-state index is 12.2. The number of amides is 2. The van der Waals surface area contributed by atoms with Crippen LogP contribution in [-0.4, -0.2) is 48.4 Å². The first-order valence-electron chi connectivity index (χ1n) is 7.63. The van der Waals surface area contributed by atoms with E-state index in [4.69, 9.17) is 9.26 Å². The Hall–Kier alpha value is -1.56. The highest BCUT2D eigenvalue weighted by Crippen LogP contribution is 2.13. The molecule has 0 spiro atoms. The Morgan fingerprint density at radius 1 is 1.57 bits per heavy atom. The van der Waals surface area contributed by atoms with Crippen molar-refractivity contribution in [2.24, 2.45) is 5.92 Å². The minimum atomic E-state index is -0.0256. The maximum Gasteiger partial charge on any atom is 0.317 e. The molecule has 6 nitrogen and oxygen atoms in total. The average molecular weight is 295 g/mol. The molecule has 2 amide bonds. The fourth-order valence-corrected chi connectivity index (χ4v) is 2.38. The Bertz CT molecular complexity index is 459. The third-order valence-electron chi connectivity index (χ3n) is 3.66. The first-order chi connectivity index (χ1) is 10.1. The van der Waals surface area contributed by atoms with Gasteiger partial charge < -0.3 is 19.5 Å². The van der Waals surface area contributed by atoms with Crippen molar-refractivity contribution >= 4 is 6.03 Å². The van der Waals surface area contributed by atoms with Crippen LogP contribution in [0.2, 0.25) is 0 Å². The van der Waals surface area contributed by atoms with Gasteiger partial charge in [0.2, 0.25) is 0 Å². The molecule has 21 heavy (non-hydrogen) atoms. The normalized spacial score (nSPS) is 19.6. The number of nitrogens with zero attached hydrogens (tertiary/aromatic N) is 2. The molecule has 2 rings (SSSR count). The third-order valence-corrected chi connectivity index (χ3v) is 3.66. The van der Waals surface area contributed by atoms with Gasteiger partial charge in [0.05, 0.1) is 11.8 Å². The first kappa shape index (κ1) is 15.8. The molecule has 0 aromatic carbocycles. The fraction of sp³-hybridized carbons (Fsp3) is 0.733. The topological polar surface area (TPSA) is 67.6 Å². The van der Waals surface area contributed by atoms with Crippen molar-refractivity contribution in [2.75, 3.05) is 26.2 Å². The monoisotopic (exact) mass is 295 g/mol. The van der Waals surface area contributed by atoms with Crippen molar-refractivity contribution in [1.82, 2.24) is 15.4 Å². The Morgan fingerprint density at radius 3 is 3.05 bits per heavy atom. The molecule has 6 heteroatoms. The number of nitrogens with one attached hydrogen (secondary N) is 1. The highest BCUT2D eigenvalue weighted by molar-refractivity contribution is 5.74. The average Bonchev–Trinajstić information content (AvgIpc) is 2.72. The van der Waals surface area contributed by atoms with Crippen molar-refractivity contribution < 1.29 is 14.1 Å². The van der Waals surface area contributed by atoms with E-state index in [-0.39, 0.29) is 12.1 Å². The Balaban J connectivity index is 1.78. The van der Waals surface area contributed by atoms with Gasteiger partial charge in [-0.2, -0.15) is 0 Å². The second-order valence-electron chi connectivity index (χ2n) is 5.87. The van der Waals surface area contributed by atoms with Gasteiger partial charge in [-0.1, -0.05) is 19.0 Å². The van der Waals surface area contributed by atoms with Crippen molar-refractivity contribution in [3.05, 3.63) is 17.5 Å². The zero-order chi connectivity index (χ0) is 15.2. The zero-order valence-electron chi connectivity index (χ0n) is 13.1. The lowest BCUT2D eigenvalue weighted by Crippen LogP contribution is -2.44. The predicted molar refractivity (Wildman–Crippen MR) is 79.1 cm³/mol. The molecule has 1 saturated heterocycles. The van der Waals surface area contributed by atoms with E-state index in [9.17, 15) is 4.79 Å². The van der Waals surface area contributed by atoms with E-state index in [2.05, 4.69) is 24.3 Å². The quantitative estimate of drug-likeness (QED) is 0.922. The number of rotatable bonds is 4. The Morgan fingerprint density at radius 2 is 2.38 bits per heavy atom. The van der Waals surface area contributed by atoms with Gasteiger partial charge in [0, 0.05) is 38.7 Å². The molecule has 1 aromatic heterocycles. The summed E-state index contributed by atoms with van der Waals surface area (Å²) < 4.78 is 10.9. The number of ether oxygens (including phenoxy) is 1. The lowest BCUT2D eigenvalue weighted by Gasteiger charge is -2.26. The minimum Gasteiger partial charge on any atom is -0.376 e. The largest absolute Gasteiger partial charge is 0.376 e. The van der Waals surface area contributed by atoms with Crippen molar-refractivity contribution in [1.29, 1.82) is 0 Å². The van der Waals surface area contributed by atoms with Gasteiger partial charge in [-0.15, -0.1) is 0 Å². The summed E-state index contributed by atoms with van der Waals surface area (Å²) in [6.07, 6.45) is 1.66. The summed E-state index contributed by atoms with van der Waals surface area (Å²) in [5.41, 5.74) is 0.862. The first-order valence-corrected chi connectivity index (χ1v) is 7.63. The van der Waals surface area contributed by atoms with Crippen molar-refractivity contribution in [2.45, 2.75) is 39.7 Å². The van der Waals surface area contributed by atoms with Gasteiger partial charge in [-0.25, -0.2) is 4.79 Å². The highest BCUT2D eigenvalue weighted by atomic mass is 16.5. The van der Waals surface area contributed by atoms with E-state index in [0.29, 0.717) is 25.4 Å². The van der Waals surface area contributed by atoms with Crippen LogP contribution in [-0.2, 0) is 11.2 Å². The van der Waals surface area contributed by atoms with E-state index in [0.717, 1.165) is 31.0 Å². The van der Waals surface area contributed by atoms with Crippen LogP contribution in [0.15, 0.2) is 10.6 Å². The van der Waals surface area contributed by atoms with Crippen LogP contribution >= 0.6 is 0 Å². The van der Waals surface area contributed by atoms with Crippen LogP contribution < -0.4 is 5.32 Å². The summed E-state index contributed by atoms with van der Waals surface area (Å²) in [6, 6.07) is 1.86. The van der Waals surface area contributed by atoms with Crippen LogP contribution in [0, 0.1) is 12.8 Å². The highest BCUT2D eigenvalue weighted by Gasteiger charge is 2.24. The molecule has 1 N–H and O–H groups in total. The van der Waals surface area contributed by atoms with Gasteiger partial charge in [-0.3, -0.25) is 0 Å². The van der Waals surface area contributed by atoms with Crippen LogP contribution in [0.25, 0.3) is 0 Å². The molecule has 1 aliphatic heterocycles. The number of carbonyl (C=O) groups excluding carboxylic acids is 1. The van der Waals surface area contributed by atoms with Crippen molar-refractivity contribution in [3.63, 3.8) is 0 Å². The van der Waals surface area contributed by atoms with E-state index in [1.165, 1.54) is 0 Å². The zero-order valence-corrected chi connectivity index (χ0v) is 13.1. The van der Waals surface area contributed by atoms with Gasteiger partial charge in [-0.05, 0) is 19.3 Å². The smallest absolute Gasteiger partial charge is 0.317 e. The number of urea groups is 1. The molecule has 1 aliphatic rings. The molecule has 1 fully saturated rings. The van der Waals surface area contributed by atoms with E-state index < -0.39 is 0 Å². The second-order valence-corrected chi connectivity index (χ2v) is 5.87. The number of hydrogen-bond acceptors (Lipinski definition) is 4. The number of aryl methyl sites for hydroxylation is 1. The summed E-state index contributed by atoms with van der Waals surface area (Å²) in [5, 5.41) is 6.77.